The monoisotopic (exact) mass is 341 g/mol. The number of hydrogen-bond acceptors (Lipinski definition) is 4. The topological polar surface area (TPSA) is 64.6 Å². The van der Waals surface area contributed by atoms with Gasteiger partial charge in [0.15, 0.2) is 6.10 Å². The number of esters is 1. The molecular weight excluding hydrogens is 318 g/mol. The van der Waals surface area contributed by atoms with Crippen molar-refractivity contribution in [3.8, 4) is 5.75 Å². The molecule has 5 heteroatoms. The highest BCUT2D eigenvalue weighted by atomic mass is 16.5. The lowest BCUT2D eigenvalue weighted by atomic mass is 10.1. The molecule has 0 saturated carbocycles. The third kappa shape index (κ3) is 4.83. The zero-order valence-corrected chi connectivity index (χ0v) is 15.0. The molecule has 25 heavy (non-hydrogen) atoms. The van der Waals surface area contributed by atoms with Crippen LogP contribution in [0, 0.1) is 13.8 Å². The molecule has 5 nitrogen and oxygen atoms in total. The first-order valence-electron chi connectivity index (χ1n) is 8.23. The molecule has 0 aliphatic heterocycles. The van der Waals surface area contributed by atoms with Crippen LogP contribution in [-0.4, -0.2) is 24.6 Å². The van der Waals surface area contributed by atoms with Crippen molar-refractivity contribution in [2.75, 3.05) is 11.9 Å². The third-order valence-corrected chi connectivity index (χ3v) is 3.76. The van der Waals surface area contributed by atoms with Crippen molar-refractivity contribution in [1.82, 2.24) is 0 Å². The van der Waals surface area contributed by atoms with Crippen molar-refractivity contribution >= 4 is 17.6 Å². The summed E-state index contributed by atoms with van der Waals surface area (Å²) in [6, 6.07) is 12.6. The van der Waals surface area contributed by atoms with Crippen molar-refractivity contribution in [3.63, 3.8) is 0 Å². The molecule has 1 atom stereocenters. The van der Waals surface area contributed by atoms with Gasteiger partial charge >= 0.3 is 5.97 Å². The van der Waals surface area contributed by atoms with Crippen LogP contribution in [0.25, 0.3) is 0 Å². The summed E-state index contributed by atoms with van der Waals surface area (Å²) in [6.07, 6.45) is -0.648. The molecule has 0 saturated heterocycles. The van der Waals surface area contributed by atoms with E-state index in [1.807, 2.05) is 38.1 Å². The second-order valence-corrected chi connectivity index (χ2v) is 5.76. The number of rotatable bonds is 6. The van der Waals surface area contributed by atoms with Crippen LogP contribution in [0.4, 0.5) is 5.69 Å². The summed E-state index contributed by atoms with van der Waals surface area (Å²) < 4.78 is 10.7. The fraction of sp³-hybridized carbons (Fsp3) is 0.300. The number of aryl methyl sites for hydroxylation is 2. The number of benzene rings is 2. The van der Waals surface area contributed by atoms with E-state index in [9.17, 15) is 9.59 Å². The molecule has 1 amide bonds. The number of carbonyl (C=O) groups excluding carboxylic acids is 2. The highest BCUT2D eigenvalue weighted by Gasteiger charge is 2.17. The van der Waals surface area contributed by atoms with Crippen LogP contribution in [0.1, 0.15) is 35.3 Å². The zero-order chi connectivity index (χ0) is 18.4. The highest BCUT2D eigenvalue weighted by Crippen LogP contribution is 2.20. The molecule has 0 aliphatic rings. The normalized spacial score (nSPS) is 11.5. The number of anilines is 1. The number of ether oxygens (including phenoxy) is 2. The number of hydrogen-bond donors (Lipinski definition) is 1. The summed E-state index contributed by atoms with van der Waals surface area (Å²) in [5, 5.41) is 2.83. The molecule has 2 rings (SSSR count). The molecule has 132 valence electrons. The van der Waals surface area contributed by atoms with Crippen LogP contribution in [0.3, 0.4) is 0 Å². The van der Waals surface area contributed by atoms with Crippen molar-refractivity contribution in [3.05, 3.63) is 59.2 Å². The average Bonchev–Trinajstić information content (AvgIpc) is 2.58. The summed E-state index contributed by atoms with van der Waals surface area (Å²) in [6.45, 7) is 7.53. The summed E-state index contributed by atoms with van der Waals surface area (Å²) in [7, 11) is 0. The summed E-state index contributed by atoms with van der Waals surface area (Å²) in [5.41, 5.74) is 2.85. The van der Waals surface area contributed by atoms with Gasteiger partial charge in [0.2, 0.25) is 0 Å². The fourth-order valence-electron chi connectivity index (χ4n) is 2.31. The Morgan fingerprint density at radius 2 is 1.80 bits per heavy atom. The lowest BCUT2D eigenvalue weighted by Crippen LogP contribution is -2.30. The van der Waals surface area contributed by atoms with Crippen LogP contribution in [0.2, 0.25) is 0 Å². The van der Waals surface area contributed by atoms with Gasteiger partial charge in [-0.2, -0.15) is 0 Å². The molecule has 2 aromatic rings. The molecule has 0 heterocycles. The van der Waals surface area contributed by atoms with Gasteiger partial charge in [-0.25, -0.2) is 4.79 Å². The Morgan fingerprint density at radius 3 is 2.44 bits per heavy atom. The lowest BCUT2D eigenvalue weighted by Gasteiger charge is -2.17. The van der Waals surface area contributed by atoms with Crippen LogP contribution in [-0.2, 0) is 9.53 Å². The van der Waals surface area contributed by atoms with Gasteiger partial charge < -0.3 is 14.8 Å². The molecule has 0 bridgehead atoms. The average molecular weight is 341 g/mol. The molecule has 0 aliphatic carbocycles. The van der Waals surface area contributed by atoms with E-state index in [4.69, 9.17) is 9.47 Å². The van der Waals surface area contributed by atoms with E-state index >= 15 is 0 Å². The van der Waals surface area contributed by atoms with Crippen LogP contribution in [0.5, 0.6) is 5.75 Å². The Kier molecular flexibility index (Phi) is 6.17. The minimum absolute atomic E-state index is 0.254. The quantitative estimate of drug-likeness (QED) is 0.810. The second-order valence-electron chi connectivity index (χ2n) is 5.76. The van der Waals surface area contributed by atoms with E-state index in [-0.39, 0.29) is 11.9 Å². The smallest absolute Gasteiger partial charge is 0.338 e. The van der Waals surface area contributed by atoms with Crippen LogP contribution in [0.15, 0.2) is 42.5 Å². The maximum absolute atomic E-state index is 12.4. The lowest BCUT2D eigenvalue weighted by molar-refractivity contribution is -0.122. The van der Waals surface area contributed by atoms with Crippen LogP contribution < -0.4 is 10.1 Å². The van der Waals surface area contributed by atoms with E-state index in [0.717, 1.165) is 11.1 Å². The van der Waals surface area contributed by atoms with Gasteiger partial charge in [0.1, 0.15) is 5.75 Å². The second kappa shape index (κ2) is 8.33. The zero-order valence-electron chi connectivity index (χ0n) is 15.0. The van der Waals surface area contributed by atoms with Crippen molar-refractivity contribution in [2.24, 2.45) is 0 Å². The fourth-order valence-corrected chi connectivity index (χ4v) is 2.31. The molecule has 1 N–H and O–H groups in total. The molecular formula is C20H23NO4. The Morgan fingerprint density at radius 1 is 1.08 bits per heavy atom. The minimum Gasteiger partial charge on any atom is -0.481 e. The molecule has 1 unspecified atom stereocenters. The largest absolute Gasteiger partial charge is 0.481 e. The summed E-state index contributed by atoms with van der Waals surface area (Å²) in [4.78, 5) is 24.1. The summed E-state index contributed by atoms with van der Waals surface area (Å²) >= 11 is 0. The maximum atomic E-state index is 12.4. The molecule has 0 radical (unpaired) electrons. The predicted molar refractivity (Wildman–Crippen MR) is 97.0 cm³/mol. The van der Waals surface area contributed by atoms with E-state index < -0.39 is 6.10 Å². The first-order chi connectivity index (χ1) is 11.9. The van der Waals surface area contributed by atoms with Gasteiger partial charge in [-0.15, -0.1) is 0 Å². The Bertz CT molecular complexity index is 770. The molecule has 0 spiro atoms. The van der Waals surface area contributed by atoms with Crippen molar-refractivity contribution in [1.29, 1.82) is 0 Å². The number of amides is 1. The standard InChI is InChI=1S/C20H23NO4/c1-5-24-20(23)16-10-11-17(14(3)12-16)21-19(22)15(4)25-18-9-7-6-8-13(18)2/h6-12,15H,5H2,1-4H3,(H,21,22). The van der Waals surface area contributed by atoms with E-state index in [0.29, 0.717) is 23.6 Å². The summed E-state index contributed by atoms with van der Waals surface area (Å²) in [5.74, 6) is 0.0505. The van der Waals surface area contributed by atoms with Crippen LogP contribution >= 0.6 is 0 Å². The van der Waals surface area contributed by atoms with Gasteiger partial charge in [-0.05, 0) is 63.1 Å². The molecule has 0 aromatic heterocycles. The van der Waals surface area contributed by atoms with E-state index in [1.54, 1.807) is 32.0 Å². The first kappa shape index (κ1) is 18.5. The molecule has 0 fully saturated rings. The highest BCUT2D eigenvalue weighted by molar-refractivity contribution is 5.96. The first-order valence-corrected chi connectivity index (χ1v) is 8.23. The van der Waals surface area contributed by atoms with Gasteiger partial charge in [-0.1, -0.05) is 18.2 Å². The Hall–Kier alpha value is -2.82. The number of carbonyl (C=O) groups is 2. The maximum Gasteiger partial charge on any atom is 0.338 e. The SMILES string of the molecule is CCOC(=O)c1ccc(NC(=O)C(C)Oc2ccccc2C)c(C)c1. The van der Waals surface area contributed by atoms with E-state index in [1.165, 1.54) is 0 Å². The third-order valence-electron chi connectivity index (χ3n) is 3.76. The van der Waals surface area contributed by atoms with Gasteiger partial charge in [-0.3, -0.25) is 4.79 Å². The molecule has 2 aromatic carbocycles. The number of para-hydroxylation sites is 1. The van der Waals surface area contributed by atoms with Gasteiger partial charge in [0, 0.05) is 5.69 Å². The van der Waals surface area contributed by atoms with Gasteiger partial charge in [0.05, 0.1) is 12.2 Å². The van der Waals surface area contributed by atoms with E-state index in [2.05, 4.69) is 5.32 Å². The van der Waals surface area contributed by atoms with Crippen molar-refractivity contribution in [2.45, 2.75) is 33.8 Å². The minimum atomic E-state index is -0.648. The number of nitrogens with one attached hydrogen (secondary N) is 1. The Balaban J connectivity index is 2.04. The van der Waals surface area contributed by atoms with Crippen molar-refractivity contribution < 1.29 is 19.1 Å². The Labute approximate surface area is 148 Å². The predicted octanol–water partition coefficient (Wildman–Crippen LogP) is 3.89. The van der Waals surface area contributed by atoms with Gasteiger partial charge in [0.25, 0.3) is 5.91 Å².